The first-order chi connectivity index (χ1) is 9.29. The molecule has 0 aliphatic heterocycles. The van der Waals surface area contributed by atoms with Crippen molar-refractivity contribution in [2.24, 2.45) is 0 Å². The molecule has 0 aliphatic carbocycles. The minimum absolute atomic E-state index is 0.0868. The van der Waals surface area contributed by atoms with E-state index in [4.69, 9.17) is 0 Å². The lowest BCUT2D eigenvalue weighted by Gasteiger charge is -2.19. The minimum atomic E-state index is -4.45. The van der Waals surface area contributed by atoms with Gasteiger partial charge < -0.3 is 9.64 Å². The van der Waals surface area contributed by atoms with Gasteiger partial charge in [-0.2, -0.15) is 13.2 Å². The Hall–Kier alpha value is -2.05. The van der Waals surface area contributed by atoms with E-state index in [1.165, 1.54) is 12.0 Å². The Morgan fingerprint density at radius 2 is 1.75 bits per heavy atom. The van der Waals surface area contributed by atoms with Crippen molar-refractivity contribution in [3.05, 3.63) is 35.4 Å². The van der Waals surface area contributed by atoms with E-state index in [9.17, 15) is 22.8 Å². The highest BCUT2D eigenvalue weighted by Crippen LogP contribution is 2.29. The second-order valence-electron chi connectivity index (χ2n) is 3.97. The average Bonchev–Trinajstić information content (AvgIpc) is 2.42. The molecule has 0 spiro atoms. The van der Waals surface area contributed by atoms with Gasteiger partial charge in [0, 0.05) is 12.1 Å². The molecule has 0 saturated carbocycles. The largest absolute Gasteiger partial charge is 0.468 e. The van der Waals surface area contributed by atoms with E-state index in [-0.39, 0.29) is 18.7 Å². The maximum Gasteiger partial charge on any atom is 0.416 e. The normalized spacial score (nSPS) is 11.1. The molecule has 0 saturated heterocycles. The molecular formula is C13H14F3NO3. The topological polar surface area (TPSA) is 46.6 Å². The first-order valence-electron chi connectivity index (χ1n) is 5.83. The number of methoxy groups -OCH3 is 1. The zero-order valence-corrected chi connectivity index (χ0v) is 11.0. The van der Waals surface area contributed by atoms with Gasteiger partial charge in [-0.05, 0) is 31.2 Å². The Labute approximate surface area is 114 Å². The molecular weight excluding hydrogens is 275 g/mol. The molecule has 20 heavy (non-hydrogen) atoms. The smallest absolute Gasteiger partial charge is 0.416 e. The molecule has 0 aliphatic rings. The third-order valence-electron chi connectivity index (χ3n) is 2.68. The number of rotatable bonds is 4. The van der Waals surface area contributed by atoms with E-state index >= 15 is 0 Å². The van der Waals surface area contributed by atoms with Crippen LogP contribution in [-0.4, -0.2) is 37.0 Å². The number of benzene rings is 1. The molecule has 0 fully saturated rings. The molecule has 0 unspecified atom stereocenters. The van der Waals surface area contributed by atoms with Crippen LogP contribution in [0.5, 0.6) is 0 Å². The summed E-state index contributed by atoms with van der Waals surface area (Å²) in [5.74, 6) is -1.11. The summed E-state index contributed by atoms with van der Waals surface area (Å²) in [6.07, 6.45) is -4.45. The lowest BCUT2D eigenvalue weighted by Crippen LogP contribution is -2.36. The molecule has 1 amide bonds. The quantitative estimate of drug-likeness (QED) is 0.799. The van der Waals surface area contributed by atoms with Crippen LogP contribution < -0.4 is 0 Å². The third kappa shape index (κ3) is 3.97. The first kappa shape index (κ1) is 16.0. The van der Waals surface area contributed by atoms with Crippen LogP contribution >= 0.6 is 0 Å². The van der Waals surface area contributed by atoms with Crippen molar-refractivity contribution >= 4 is 11.9 Å². The van der Waals surface area contributed by atoms with Gasteiger partial charge in [0.15, 0.2) is 0 Å². The van der Waals surface area contributed by atoms with Gasteiger partial charge in [0.2, 0.25) is 0 Å². The molecule has 4 nitrogen and oxygen atoms in total. The van der Waals surface area contributed by atoms with Gasteiger partial charge in [-0.1, -0.05) is 0 Å². The highest BCUT2D eigenvalue weighted by Gasteiger charge is 2.30. The van der Waals surface area contributed by atoms with Crippen molar-refractivity contribution in [1.82, 2.24) is 4.90 Å². The number of likely N-dealkylation sites (N-methyl/N-ethyl adjacent to an activating group) is 1. The number of carbonyl (C=O) groups excluding carboxylic acids is 2. The molecule has 110 valence electrons. The molecule has 0 atom stereocenters. The van der Waals surface area contributed by atoms with Crippen LogP contribution in [0.2, 0.25) is 0 Å². The second-order valence-corrected chi connectivity index (χ2v) is 3.97. The van der Waals surface area contributed by atoms with Crippen LogP contribution in [0.4, 0.5) is 13.2 Å². The third-order valence-corrected chi connectivity index (χ3v) is 2.68. The number of nitrogens with zero attached hydrogens (tertiary/aromatic N) is 1. The first-order valence-corrected chi connectivity index (χ1v) is 5.83. The zero-order valence-electron chi connectivity index (χ0n) is 11.0. The van der Waals surface area contributed by atoms with Crippen molar-refractivity contribution in [3.63, 3.8) is 0 Å². The summed E-state index contributed by atoms with van der Waals surface area (Å²) in [6, 6.07) is 3.84. The lowest BCUT2D eigenvalue weighted by atomic mass is 10.1. The predicted molar refractivity (Wildman–Crippen MR) is 65.0 cm³/mol. The van der Waals surface area contributed by atoms with E-state index in [1.54, 1.807) is 6.92 Å². The maximum atomic E-state index is 12.4. The Kier molecular flexibility index (Phi) is 5.12. The summed E-state index contributed by atoms with van der Waals surface area (Å²) in [4.78, 5) is 24.4. The van der Waals surface area contributed by atoms with Crippen LogP contribution in [0.1, 0.15) is 22.8 Å². The highest BCUT2D eigenvalue weighted by molar-refractivity contribution is 5.96. The van der Waals surface area contributed by atoms with Crippen molar-refractivity contribution in [2.75, 3.05) is 20.2 Å². The fraction of sp³-hybridized carbons (Fsp3) is 0.385. The molecule has 1 rings (SSSR count). The van der Waals surface area contributed by atoms with Gasteiger partial charge in [0.1, 0.15) is 6.54 Å². The molecule has 0 radical (unpaired) electrons. The Morgan fingerprint density at radius 1 is 1.20 bits per heavy atom. The molecule has 1 aromatic carbocycles. The average molecular weight is 289 g/mol. The number of hydrogen-bond donors (Lipinski definition) is 0. The molecule has 0 heterocycles. The van der Waals surface area contributed by atoms with E-state index in [2.05, 4.69) is 4.74 Å². The molecule has 1 aromatic rings. The van der Waals surface area contributed by atoms with Crippen molar-refractivity contribution in [1.29, 1.82) is 0 Å². The highest BCUT2D eigenvalue weighted by atomic mass is 19.4. The summed E-state index contributed by atoms with van der Waals surface area (Å²) in [5, 5.41) is 0. The maximum absolute atomic E-state index is 12.4. The van der Waals surface area contributed by atoms with Gasteiger partial charge in [0.25, 0.3) is 5.91 Å². The summed E-state index contributed by atoms with van der Waals surface area (Å²) in [6.45, 7) is 1.66. The summed E-state index contributed by atoms with van der Waals surface area (Å²) in [5.41, 5.74) is -0.742. The summed E-state index contributed by atoms with van der Waals surface area (Å²) in [7, 11) is 1.19. The number of hydrogen-bond acceptors (Lipinski definition) is 3. The van der Waals surface area contributed by atoms with Crippen LogP contribution in [0, 0.1) is 0 Å². The minimum Gasteiger partial charge on any atom is -0.468 e. The predicted octanol–water partition coefficient (Wildman–Crippen LogP) is 2.34. The van der Waals surface area contributed by atoms with Crippen molar-refractivity contribution in [2.45, 2.75) is 13.1 Å². The van der Waals surface area contributed by atoms with Crippen LogP contribution in [0.15, 0.2) is 24.3 Å². The lowest BCUT2D eigenvalue weighted by molar-refractivity contribution is -0.141. The standard InChI is InChI=1S/C13H14F3NO3/c1-3-17(8-11(18)20-2)12(19)9-4-6-10(7-5-9)13(14,15)16/h4-7H,3,8H2,1-2H3. The number of halogens is 3. The Balaban J connectivity index is 2.88. The van der Waals surface area contributed by atoms with Gasteiger partial charge in [-0.25, -0.2) is 0 Å². The zero-order chi connectivity index (χ0) is 15.3. The number of esters is 1. The van der Waals surface area contributed by atoms with Crippen molar-refractivity contribution in [3.8, 4) is 0 Å². The van der Waals surface area contributed by atoms with Crippen molar-refractivity contribution < 1.29 is 27.5 Å². The number of amides is 1. The van der Waals surface area contributed by atoms with Gasteiger partial charge >= 0.3 is 12.1 Å². The van der Waals surface area contributed by atoms with E-state index < -0.39 is 23.6 Å². The van der Waals surface area contributed by atoms with Crippen LogP contribution in [0.3, 0.4) is 0 Å². The molecule has 7 heteroatoms. The van der Waals surface area contributed by atoms with Gasteiger partial charge in [-0.15, -0.1) is 0 Å². The second kappa shape index (κ2) is 6.40. The van der Waals surface area contributed by atoms with Crippen LogP contribution in [0.25, 0.3) is 0 Å². The van der Waals surface area contributed by atoms with Crippen LogP contribution in [-0.2, 0) is 15.7 Å². The fourth-order valence-corrected chi connectivity index (χ4v) is 1.53. The van der Waals surface area contributed by atoms with Gasteiger partial charge in [0.05, 0.1) is 12.7 Å². The molecule has 0 bridgehead atoms. The van der Waals surface area contributed by atoms with E-state index in [0.29, 0.717) is 0 Å². The summed E-state index contributed by atoms with van der Waals surface area (Å²) < 4.78 is 41.7. The summed E-state index contributed by atoms with van der Waals surface area (Å²) >= 11 is 0. The van der Waals surface area contributed by atoms with E-state index in [0.717, 1.165) is 24.3 Å². The Bertz CT molecular complexity index is 483. The van der Waals surface area contributed by atoms with E-state index in [1.807, 2.05) is 0 Å². The SMILES string of the molecule is CCN(CC(=O)OC)C(=O)c1ccc(C(F)(F)F)cc1. The monoisotopic (exact) mass is 289 g/mol. The number of carbonyl (C=O) groups is 2. The fourth-order valence-electron chi connectivity index (χ4n) is 1.53. The molecule has 0 aromatic heterocycles. The van der Waals surface area contributed by atoms with Gasteiger partial charge in [-0.3, -0.25) is 9.59 Å². The Morgan fingerprint density at radius 3 is 2.15 bits per heavy atom. The number of ether oxygens (including phenoxy) is 1. The number of alkyl halides is 3. The molecule has 0 N–H and O–H groups in total.